The van der Waals surface area contributed by atoms with Crippen molar-refractivity contribution in [1.29, 1.82) is 0 Å². The Bertz CT molecular complexity index is 492. The molecule has 0 radical (unpaired) electrons. The number of carbonyl (C=O) groups is 1. The van der Waals surface area contributed by atoms with Gasteiger partial charge < -0.3 is 10.6 Å². The molecule has 0 spiro atoms. The van der Waals surface area contributed by atoms with E-state index in [2.05, 4.69) is 4.90 Å². The van der Waals surface area contributed by atoms with Gasteiger partial charge in [0.1, 0.15) is 5.82 Å². The van der Waals surface area contributed by atoms with Gasteiger partial charge in [-0.15, -0.1) is 0 Å². The highest BCUT2D eigenvalue weighted by atomic mass is 19.1. The normalized spacial score (nSPS) is 20.4. The molecule has 0 aliphatic carbocycles. The number of halogens is 1. The number of hydrogen-bond donors (Lipinski definition) is 1. The maximum Gasteiger partial charge on any atom is 0.239 e. The molecule has 0 unspecified atom stereocenters. The van der Waals surface area contributed by atoms with Gasteiger partial charge in [-0.1, -0.05) is 6.07 Å². The summed E-state index contributed by atoms with van der Waals surface area (Å²) in [4.78, 5) is 15.8. The van der Waals surface area contributed by atoms with Crippen LogP contribution in [0.3, 0.4) is 0 Å². The summed E-state index contributed by atoms with van der Waals surface area (Å²) in [6, 6.07) is 4.90. The van der Waals surface area contributed by atoms with Gasteiger partial charge in [0.05, 0.1) is 11.7 Å². The van der Waals surface area contributed by atoms with E-state index in [4.69, 9.17) is 5.73 Å². The Balaban J connectivity index is 1.83. The summed E-state index contributed by atoms with van der Waals surface area (Å²) in [5.74, 6) is -0.180. The Kier molecular flexibility index (Phi) is 4.60. The Labute approximate surface area is 119 Å². The van der Waals surface area contributed by atoms with Gasteiger partial charge in [0, 0.05) is 20.1 Å². The summed E-state index contributed by atoms with van der Waals surface area (Å²) in [6.45, 7) is 4.48. The minimum absolute atomic E-state index is 0.0584. The highest BCUT2D eigenvalue weighted by molar-refractivity contribution is 5.81. The second-order valence-corrected chi connectivity index (χ2v) is 5.43. The van der Waals surface area contributed by atoms with Crippen molar-refractivity contribution >= 4 is 11.6 Å². The zero-order chi connectivity index (χ0) is 14.7. The minimum atomic E-state index is -0.356. The van der Waals surface area contributed by atoms with Gasteiger partial charge in [-0.25, -0.2) is 4.39 Å². The van der Waals surface area contributed by atoms with Crippen LogP contribution in [0.25, 0.3) is 0 Å². The van der Waals surface area contributed by atoms with Crippen LogP contribution in [0.2, 0.25) is 0 Å². The lowest BCUT2D eigenvalue weighted by Crippen LogP contribution is -2.54. The van der Waals surface area contributed by atoms with Crippen LogP contribution in [0.1, 0.15) is 18.9 Å². The van der Waals surface area contributed by atoms with Crippen LogP contribution in [0.15, 0.2) is 18.2 Å². The molecule has 0 saturated carbocycles. The van der Waals surface area contributed by atoms with Crippen LogP contribution in [0.5, 0.6) is 0 Å². The number of anilines is 1. The maximum absolute atomic E-state index is 13.3. The van der Waals surface area contributed by atoms with Crippen LogP contribution in [0, 0.1) is 5.82 Å². The third-order valence-electron chi connectivity index (χ3n) is 3.98. The second-order valence-electron chi connectivity index (χ2n) is 5.43. The molecule has 1 atom stereocenters. The molecule has 110 valence electrons. The topological polar surface area (TPSA) is 49.6 Å². The van der Waals surface area contributed by atoms with Crippen LogP contribution in [-0.2, 0) is 11.2 Å². The molecule has 0 bridgehead atoms. The van der Waals surface area contributed by atoms with E-state index in [1.54, 1.807) is 11.0 Å². The van der Waals surface area contributed by atoms with Crippen molar-refractivity contribution in [3.8, 4) is 0 Å². The fraction of sp³-hybridized carbons (Fsp3) is 0.533. The predicted octanol–water partition coefficient (Wildman–Crippen LogP) is 1.50. The van der Waals surface area contributed by atoms with Crippen molar-refractivity contribution in [3.63, 3.8) is 0 Å². The fourth-order valence-electron chi connectivity index (χ4n) is 2.58. The lowest BCUT2D eigenvalue weighted by Gasteiger charge is -2.37. The van der Waals surface area contributed by atoms with Gasteiger partial charge in [-0.3, -0.25) is 9.69 Å². The molecule has 20 heavy (non-hydrogen) atoms. The first-order valence-electron chi connectivity index (χ1n) is 7.02. The first kappa shape index (κ1) is 14.8. The Morgan fingerprint density at radius 2 is 2.15 bits per heavy atom. The van der Waals surface area contributed by atoms with E-state index in [9.17, 15) is 9.18 Å². The average molecular weight is 279 g/mol. The van der Waals surface area contributed by atoms with Crippen LogP contribution >= 0.6 is 0 Å². The summed E-state index contributed by atoms with van der Waals surface area (Å²) in [7, 11) is 1.84. The number of carbonyl (C=O) groups excluding carboxylic acids is 1. The van der Waals surface area contributed by atoms with Crippen molar-refractivity contribution in [1.82, 2.24) is 9.80 Å². The Morgan fingerprint density at radius 1 is 1.40 bits per heavy atom. The van der Waals surface area contributed by atoms with Gasteiger partial charge in [0.25, 0.3) is 0 Å². The zero-order valence-electron chi connectivity index (χ0n) is 12.1. The fourth-order valence-corrected chi connectivity index (χ4v) is 2.58. The molecule has 0 aromatic heterocycles. The molecule has 1 amide bonds. The number of rotatable bonds is 4. The number of nitrogens with two attached hydrogens (primary N) is 1. The van der Waals surface area contributed by atoms with Gasteiger partial charge in [0.2, 0.25) is 5.91 Å². The van der Waals surface area contributed by atoms with E-state index in [1.165, 1.54) is 6.07 Å². The standard InChI is InChI=1S/C15H22FN3O/c1-11-15(20)18(2)8-9-19(11)7-3-4-12-5-6-14(17)13(16)10-12/h5-6,10-11H,3-4,7-9,17H2,1-2H3/t11-/m1/s1. The van der Waals surface area contributed by atoms with Crippen molar-refractivity contribution in [3.05, 3.63) is 29.6 Å². The molecule has 1 saturated heterocycles. The summed E-state index contributed by atoms with van der Waals surface area (Å²) >= 11 is 0. The summed E-state index contributed by atoms with van der Waals surface area (Å²) in [5, 5.41) is 0. The predicted molar refractivity (Wildman–Crippen MR) is 77.8 cm³/mol. The molecule has 5 heteroatoms. The number of hydrogen-bond acceptors (Lipinski definition) is 3. The van der Waals surface area contributed by atoms with Crippen LogP contribution < -0.4 is 5.73 Å². The van der Waals surface area contributed by atoms with Gasteiger partial charge in [-0.2, -0.15) is 0 Å². The first-order valence-corrected chi connectivity index (χ1v) is 7.02. The van der Waals surface area contributed by atoms with Crippen molar-refractivity contribution in [2.24, 2.45) is 0 Å². The monoisotopic (exact) mass is 279 g/mol. The second kappa shape index (κ2) is 6.22. The highest BCUT2D eigenvalue weighted by Gasteiger charge is 2.28. The first-order chi connectivity index (χ1) is 9.49. The van der Waals surface area contributed by atoms with E-state index in [0.29, 0.717) is 0 Å². The van der Waals surface area contributed by atoms with Crippen LogP contribution in [-0.4, -0.2) is 48.4 Å². The molecule has 1 aromatic carbocycles. The van der Waals surface area contributed by atoms with E-state index in [-0.39, 0.29) is 23.5 Å². The van der Waals surface area contributed by atoms with E-state index in [1.807, 2.05) is 20.0 Å². The third kappa shape index (κ3) is 3.28. The molecular weight excluding hydrogens is 257 g/mol. The number of nitrogens with zero attached hydrogens (tertiary/aromatic N) is 2. The number of benzene rings is 1. The average Bonchev–Trinajstić information content (AvgIpc) is 2.43. The number of aryl methyl sites for hydroxylation is 1. The number of piperazine rings is 1. The maximum atomic E-state index is 13.3. The van der Waals surface area contributed by atoms with E-state index in [0.717, 1.165) is 38.0 Å². The minimum Gasteiger partial charge on any atom is -0.396 e. The third-order valence-corrected chi connectivity index (χ3v) is 3.98. The number of amides is 1. The smallest absolute Gasteiger partial charge is 0.239 e. The van der Waals surface area contributed by atoms with E-state index < -0.39 is 0 Å². The largest absolute Gasteiger partial charge is 0.396 e. The molecule has 1 aliphatic heterocycles. The molecule has 4 nitrogen and oxygen atoms in total. The van der Waals surface area contributed by atoms with Gasteiger partial charge in [-0.05, 0) is 44.0 Å². The number of likely N-dealkylation sites (N-methyl/N-ethyl adjacent to an activating group) is 1. The molecular formula is C15H22FN3O. The van der Waals surface area contributed by atoms with Crippen molar-refractivity contribution in [2.75, 3.05) is 32.4 Å². The molecule has 1 heterocycles. The lowest BCUT2D eigenvalue weighted by molar-refractivity contribution is -0.139. The quantitative estimate of drug-likeness (QED) is 0.850. The van der Waals surface area contributed by atoms with Crippen LogP contribution in [0.4, 0.5) is 10.1 Å². The molecule has 1 fully saturated rings. The molecule has 1 aromatic rings. The lowest BCUT2D eigenvalue weighted by atomic mass is 10.1. The SMILES string of the molecule is C[C@@H]1C(=O)N(C)CCN1CCCc1ccc(N)c(F)c1. The Hall–Kier alpha value is -1.62. The molecule has 2 rings (SSSR count). The summed E-state index contributed by atoms with van der Waals surface area (Å²) in [6.07, 6.45) is 1.70. The molecule has 1 aliphatic rings. The summed E-state index contributed by atoms with van der Waals surface area (Å²) < 4.78 is 13.3. The van der Waals surface area contributed by atoms with Crippen molar-refractivity contribution in [2.45, 2.75) is 25.8 Å². The zero-order valence-corrected chi connectivity index (χ0v) is 12.1. The molecule has 2 N–H and O–H groups in total. The van der Waals surface area contributed by atoms with Gasteiger partial charge in [0.15, 0.2) is 0 Å². The number of nitrogen functional groups attached to an aromatic ring is 1. The highest BCUT2D eigenvalue weighted by Crippen LogP contribution is 2.15. The summed E-state index contributed by atoms with van der Waals surface area (Å²) in [5.41, 5.74) is 6.59. The van der Waals surface area contributed by atoms with Crippen molar-refractivity contribution < 1.29 is 9.18 Å². The van der Waals surface area contributed by atoms with E-state index >= 15 is 0 Å². The van der Waals surface area contributed by atoms with Gasteiger partial charge >= 0.3 is 0 Å². The Morgan fingerprint density at radius 3 is 2.85 bits per heavy atom.